The van der Waals surface area contributed by atoms with E-state index < -0.39 is 0 Å². The largest absolute Gasteiger partial charge is 0.256 e. The van der Waals surface area contributed by atoms with Crippen LogP contribution in [0.1, 0.15) is 0 Å². The first-order valence-corrected chi connectivity index (χ1v) is 15.8. The van der Waals surface area contributed by atoms with Gasteiger partial charge in [0.25, 0.3) is 0 Å². The van der Waals surface area contributed by atoms with Gasteiger partial charge in [0.05, 0.1) is 5.52 Å². The molecule has 0 fully saturated rings. The van der Waals surface area contributed by atoms with Crippen molar-refractivity contribution in [2.45, 2.75) is 0 Å². The van der Waals surface area contributed by atoms with Crippen LogP contribution in [0.2, 0.25) is 0 Å². The van der Waals surface area contributed by atoms with Gasteiger partial charge >= 0.3 is 0 Å². The lowest BCUT2D eigenvalue weighted by molar-refractivity contribution is 1.42. The lowest BCUT2D eigenvalue weighted by Crippen LogP contribution is -1.93. The van der Waals surface area contributed by atoms with Crippen LogP contribution in [0.5, 0.6) is 0 Å². The number of rotatable bonds is 4. The monoisotopic (exact) mass is 583 g/mol. The van der Waals surface area contributed by atoms with Crippen LogP contribution < -0.4 is 0 Å². The Labute approximate surface area is 268 Å². The van der Waals surface area contributed by atoms with E-state index in [0.717, 1.165) is 10.9 Å². The van der Waals surface area contributed by atoms with Crippen molar-refractivity contribution >= 4 is 43.2 Å². The number of aromatic nitrogens is 1. The molecule has 0 saturated carbocycles. The zero-order valence-electron chi connectivity index (χ0n) is 25.2. The molecule has 0 aliphatic rings. The van der Waals surface area contributed by atoms with Crippen molar-refractivity contribution < 1.29 is 0 Å². The van der Waals surface area contributed by atoms with E-state index >= 15 is 0 Å². The Morgan fingerprint density at radius 2 is 0.543 bits per heavy atom. The van der Waals surface area contributed by atoms with E-state index in [0.29, 0.717) is 0 Å². The van der Waals surface area contributed by atoms with Gasteiger partial charge in [-0.25, -0.2) is 0 Å². The second kappa shape index (κ2) is 10.8. The van der Waals surface area contributed by atoms with Crippen molar-refractivity contribution in [2.75, 3.05) is 0 Å². The minimum absolute atomic E-state index is 1.03. The van der Waals surface area contributed by atoms with Gasteiger partial charge in [-0.2, -0.15) is 0 Å². The van der Waals surface area contributed by atoms with Gasteiger partial charge in [0.1, 0.15) is 0 Å². The molecule has 9 rings (SSSR count). The van der Waals surface area contributed by atoms with Crippen LogP contribution in [0.4, 0.5) is 0 Å². The molecule has 0 unspecified atom stereocenters. The van der Waals surface area contributed by atoms with Crippen molar-refractivity contribution in [2.24, 2.45) is 0 Å². The number of nitrogens with zero attached hydrogens (tertiary/aromatic N) is 1. The zero-order valence-corrected chi connectivity index (χ0v) is 25.2. The van der Waals surface area contributed by atoms with Gasteiger partial charge in [-0.05, 0) is 77.3 Å². The van der Waals surface area contributed by atoms with Gasteiger partial charge in [-0.1, -0.05) is 164 Å². The Kier molecular flexibility index (Phi) is 6.21. The van der Waals surface area contributed by atoms with Crippen molar-refractivity contribution in [1.82, 2.24) is 4.98 Å². The third-order valence-corrected chi connectivity index (χ3v) is 9.30. The molecule has 0 aliphatic carbocycles. The summed E-state index contributed by atoms with van der Waals surface area (Å²) in [5.41, 5.74) is 10.8. The van der Waals surface area contributed by atoms with Gasteiger partial charge in [-0.15, -0.1) is 0 Å². The highest BCUT2D eigenvalue weighted by Gasteiger charge is 2.19. The maximum Gasteiger partial charge on any atom is 0.0792 e. The molecule has 0 spiro atoms. The molecule has 1 aromatic heterocycles. The molecule has 0 radical (unpaired) electrons. The summed E-state index contributed by atoms with van der Waals surface area (Å²) in [6.45, 7) is 0. The SMILES string of the molecule is c1ccc(-c2c3ccccc3c(-c3ccc(-c4c5ccccc5c(-c5ccccc5)c5ncccc45)cc3)c3ccccc23)cc1. The maximum atomic E-state index is 4.96. The third-order valence-electron chi connectivity index (χ3n) is 9.30. The molecule has 1 heteroatoms. The van der Waals surface area contributed by atoms with E-state index in [1.165, 1.54) is 76.8 Å². The molecule has 214 valence electrons. The van der Waals surface area contributed by atoms with Crippen LogP contribution in [0.3, 0.4) is 0 Å². The number of pyridine rings is 1. The molecule has 1 heterocycles. The predicted molar refractivity (Wildman–Crippen MR) is 196 cm³/mol. The molecule has 0 saturated heterocycles. The first kappa shape index (κ1) is 26.4. The summed E-state index contributed by atoms with van der Waals surface area (Å²) in [4.78, 5) is 4.96. The van der Waals surface area contributed by atoms with Gasteiger partial charge in [0.15, 0.2) is 0 Å². The summed E-state index contributed by atoms with van der Waals surface area (Å²) >= 11 is 0. The maximum absolute atomic E-state index is 4.96. The van der Waals surface area contributed by atoms with Crippen LogP contribution >= 0.6 is 0 Å². The molecule has 1 nitrogen and oxygen atoms in total. The lowest BCUT2D eigenvalue weighted by atomic mass is 9.85. The van der Waals surface area contributed by atoms with Crippen LogP contribution in [0, 0.1) is 0 Å². The van der Waals surface area contributed by atoms with E-state index in [1.54, 1.807) is 0 Å². The second-order valence-electron chi connectivity index (χ2n) is 11.8. The highest BCUT2D eigenvalue weighted by molar-refractivity contribution is 6.22. The zero-order chi connectivity index (χ0) is 30.5. The minimum Gasteiger partial charge on any atom is -0.256 e. The van der Waals surface area contributed by atoms with E-state index in [1.807, 2.05) is 6.20 Å². The van der Waals surface area contributed by atoms with Crippen LogP contribution in [-0.2, 0) is 0 Å². The minimum atomic E-state index is 1.03. The van der Waals surface area contributed by atoms with Crippen molar-refractivity contribution in [3.8, 4) is 44.5 Å². The van der Waals surface area contributed by atoms with Crippen molar-refractivity contribution in [3.05, 3.63) is 176 Å². The average molecular weight is 584 g/mol. The molecule has 0 atom stereocenters. The molecule has 8 aromatic carbocycles. The quantitative estimate of drug-likeness (QED) is 0.188. The lowest BCUT2D eigenvalue weighted by Gasteiger charge is -2.19. The Morgan fingerprint density at radius 3 is 0.978 bits per heavy atom. The van der Waals surface area contributed by atoms with Crippen LogP contribution in [0.15, 0.2) is 176 Å². The fraction of sp³-hybridized carbons (Fsp3) is 0. The Balaban J connectivity index is 1.28. The second-order valence-corrected chi connectivity index (χ2v) is 11.8. The summed E-state index contributed by atoms with van der Waals surface area (Å²) in [5, 5.41) is 8.68. The topological polar surface area (TPSA) is 12.9 Å². The Bertz CT molecular complexity index is 2250. The molecule has 0 bridgehead atoms. The Morgan fingerprint density at radius 1 is 0.239 bits per heavy atom. The molecule has 9 aromatic rings. The molecular weight excluding hydrogens is 555 g/mol. The third kappa shape index (κ3) is 4.13. The fourth-order valence-corrected chi connectivity index (χ4v) is 7.36. The van der Waals surface area contributed by atoms with Gasteiger partial charge in [0, 0.05) is 17.1 Å². The molecule has 0 amide bonds. The first-order chi connectivity index (χ1) is 22.9. The van der Waals surface area contributed by atoms with Crippen molar-refractivity contribution in [1.29, 1.82) is 0 Å². The van der Waals surface area contributed by atoms with Gasteiger partial charge in [-0.3, -0.25) is 4.98 Å². The van der Waals surface area contributed by atoms with Gasteiger partial charge < -0.3 is 0 Å². The summed E-state index contributed by atoms with van der Waals surface area (Å²) in [6, 6.07) is 61.3. The highest BCUT2D eigenvalue weighted by Crippen LogP contribution is 2.46. The average Bonchev–Trinajstić information content (AvgIpc) is 3.13. The molecular formula is C45H29N. The van der Waals surface area contributed by atoms with Crippen molar-refractivity contribution in [3.63, 3.8) is 0 Å². The smallest absolute Gasteiger partial charge is 0.0792 e. The summed E-state index contributed by atoms with van der Waals surface area (Å²) in [6.07, 6.45) is 1.91. The van der Waals surface area contributed by atoms with Crippen LogP contribution in [0.25, 0.3) is 87.7 Å². The molecule has 0 N–H and O–H groups in total. The van der Waals surface area contributed by atoms with E-state index in [4.69, 9.17) is 4.98 Å². The normalized spacial score (nSPS) is 11.5. The van der Waals surface area contributed by atoms with Gasteiger partial charge in [0.2, 0.25) is 0 Å². The molecule has 46 heavy (non-hydrogen) atoms. The fourth-order valence-electron chi connectivity index (χ4n) is 7.36. The number of hydrogen-bond acceptors (Lipinski definition) is 1. The highest BCUT2D eigenvalue weighted by atomic mass is 14.7. The summed E-state index contributed by atoms with van der Waals surface area (Å²) in [5.74, 6) is 0. The standard InChI is InChI=1S/C45H29N/c1-3-14-30(15-4-1)41-34-18-7-9-20-36(34)42(37-21-10-8-19-35(37)41)32-25-27-33(28-26-32)43-38-22-11-12-23-39(38)44(31-16-5-2-6-17-31)45-40(43)24-13-29-46-45/h1-29H. The van der Waals surface area contributed by atoms with Crippen LogP contribution in [-0.4, -0.2) is 4.98 Å². The summed E-state index contributed by atoms with van der Waals surface area (Å²) < 4.78 is 0. The number of hydrogen-bond donors (Lipinski definition) is 0. The Hall–Kier alpha value is -6.05. The molecule has 0 aliphatic heterocycles. The predicted octanol–water partition coefficient (Wildman–Crippen LogP) is 12.4. The summed E-state index contributed by atoms with van der Waals surface area (Å²) in [7, 11) is 0. The van der Waals surface area contributed by atoms with E-state index in [-0.39, 0.29) is 0 Å². The van der Waals surface area contributed by atoms with E-state index in [9.17, 15) is 0 Å². The first-order valence-electron chi connectivity index (χ1n) is 15.8. The number of benzene rings is 8. The number of fused-ring (bicyclic) bond motifs is 4. The van der Waals surface area contributed by atoms with E-state index in [2.05, 4.69) is 170 Å².